The lowest BCUT2D eigenvalue weighted by Gasteiger charge is -2.35. The van der Waals surface area contributed by atoms with Crippen LogP contribution in [0, 0.1) is 13.8 Å². The number of hydrogen-bond acceptors (Lipinski definition) is 4. The number of aryl methyl sites for hydroxylation is 2. The maximum Gasteiger partial charge on any atom is 0.408 e. The van der Waals surface area contributed by atoms with Gasteiger partial charge in [0.15, 0.2) is 0 Å². The zero-order chi connectivity index (χ0) is 30.9. The minimum atomic E-state index is -0.973. The monoisotopic (exact) mass is 591 g/mol. The molecule has 224 valence electrons. The Morgan fingerprint density at radius 2 is 1.60 bits per heavy atom. The Morgan fingerprint density at radius 1 is 0.929 bits per heavy atom. The van der Waals surface area contributed by atoms with E-state index in [1.54, 1.807) is 31.7 Å². The molecule has 0 aromatic heterocycles. The molecule has 0 saturated carbocycles. The van der Waals surface area contributed by atoms with Crippen LogP contribution in [0.3, 0.4) is 0 Å². The van der Waals surface area contributed by atoms with Gasteiger partial charge in [0.2, 0.25) is 5.91 Å². The van der Waals surface area contributed by atoms with Crippen LogP contribution in [0.4, 0.5) is 10.5 Å². The lowest BCUT2D eigenvalue weighted by Crippen LogP contribution is -2.53. The number of nitrogens with one attached hydrogen (secondary N) is 2. The van der Waals surface area contributed by atoms with E-state index in [9.17, 15) is 14.4 Å². The third-order valence-corrected chi connectivity index (χ3v) is 7.05. The SMILES string of the molecule is CCCCN(C(=O)C(Cc1ccccc1)NC(=O)OC(C)(C)C)C(C(=O)Nc1c(C)cccc1Cl)c1ccc(C)cc1. The number of amides is 3. The molecule has 3 aromatic carbocycles. The molecule has 2 N–H and O–H groups in total. The lowest BCUT2D eigenvalue weighted by atomic mass is 9.99. The van der Waals surface area contributed by atoms with Crippen molar-refractivity contribution in [2.24, 2.45) is 0 Å². The largest absolute Gasteiger partial charge is 0.444 e. The molecule has 3 aromatic rings. The highest BCUT2D eigenvalue weighted by molar-refractivity contribution is 6.34. The fourth-order valence-electron chi connectivity index (χ4n) is 4.60. The van der Waals surface area contributed by atoms with Crippen LogP contribution >= 0.6 is 11.6 Å². The number of halogens is 1. The van der Waals surface area contributed by atoms with Crippen molar-refractivity contribution in [1.29, 1.82) is 0 Å². The summed E-state index contributed by atoms with van der Waals surface area (Å²) in [7, 11) is 0. The minimum absolute atomic E-state index is 0.230. The molecule has 7 nitrogen and oxygen atoms in total. The Kier molecular flexibility index (Phi) is 11.6. The Bertz CT molecular complexity index is 1330. The first-order chi connectivity index (χ1) is 19.9. The highest BCUT2D eigenvalue weighted by atomic mass is 35.5. The molecular weight excluding hydrogens is 550 g/mol. The van der Waals surface area contributed by atoms with Gasteiger partial charge in [-0.3, -0.25) is 9.59 Å². The predicted molar refractivity (Wildman–Crippen MR) is 169 cm³/mol. The summed E-state index contributed by atoms with van der Waals surface area (Å²) in [4.78, 5) is 43.1. The van der Waals surface area contributed by atoms with E-state index < -0.39 is 29.7 Å². The van der Waals surface area contributed by atoms with Crippen molar-refractivity contribution in [3.63, 3.8) is 0 Å². The van der Waals surface area contributed by atoms with Gasteiger partial charge in [0, 0.05) is 13.0 Å². The first-order valence-electron chi connectivity index (χ1n) is 14.4. The second kappa shape index (κ2) is 14.9. The Morgan fingerprint density at radius 3 is 2.19 bits per heavy atom. The Balaban J connectivity index is 2.07. The van der Waals surface area contributed by atoms with Crippen LogP contribution in [0.25, 0.3) is 0 Å². The van der Waals surface area contributed by atoms with Crippen molar-refractivity contribution < 1.29 is 19.1 Å². The second-order valence-electron chi connectivity index (χ2n) is 11.5. The van der Waals surface area contributed by atoms with Crippen LogP contribution in [0.15, 0.2) is 72.8 Å². The molecule has 2 unspecified atom stereocenters. The van der Waals surface area contributed by atoms with Gasteiger partial charge in [0.25, 0.3) is 5.91 Å². The van der Waals surface area contributed by atoms with Gasteiger partial charge in [-0.2, -0.15) is 0 Å². The van der Waals surface area contributed by atoms with Crippen molar-refractivity contribution in [1.82, 2.24) is 10.2 Å². The van der Waals surface area contributed by atoms with Crippen molar-refractivity contribution >= 4 is 35.2 Å². The van der Waals surface area contributed by atoms with Gasteiger partial charge < -0.3 is 20.3 Å². The number of benzene rings is 3. The van der Waals surface area contributed by atoms with E-state index in [1.165, 1.54) is 0 Å². The van der Waals surface area contributed by atoms with E-state index in [-0.39, 0.29) is 12.3 Å². The molecule has 0 heterocycles. The highest BCUT2D eigenvalue weighted by Gasteiger charge is 2.36. The number of unbranched alkanes of at least 4 members (excludes halogenated alkanes) is 1. The third-order valence-electron chi connectivity index (χ3n) is 6.73. The Hall–Kier alpha value is -3.84. The van der Waals surface area contributed by atoms with Gasteiger partial charge in [0.1, 0.15) is 17.7 Å². The highest BCUT2D eigenvalue weighted by Crippen LogP contribution is 2.30. The summed E-state index contributed by atoms with van der Waals surface area (Å²) in [5.74, 6) is -0.773. The summed E-state index contributed by atoms with van der Waals surface area (Å²) >= 11 is 6.46. The van der Waals surface area contributed by atoms with Crippen molar-refractivity contribution in [2.75, 3.05) is 11.9 Å². The number of rotatable bonds is 11. The number of alkyl carbamates (subject to hydrolysis) is 1. The van der Waals surface area contributed by atoms with Gasteiger partial charge in [-0.05, 0) is 63.8 Å². The summed E-state index contributed by atoms with van der Waals surface area (Å²) in [6, 6.07) is 20.5. The normalized spacial score (nSPS) is 12.6. The number of carbonyl (C=O) groups is 3. The van der Waals surface area contributed by atoms with E-state index in [0.717, 1.165) is 23.1 Å². The maximum absolute atomic E-state index is 14.5. The van der Waals surface area contributed by atoms with Crippen molar-refractivity contribution in [3.05, 3.63) is 100 Å². The molecule has 0 bridgehead atoms. The molecule has 0 radical (unpaired) electrons. The first-order valence-corrected chi connectivity index (χ1v) is 14.7. The minimum Gasteiger partial charge on any atom is -0.444 e. The molecular formula is C34H42ClN3O4. The first kappa shape index (κ1) is 32.7. The van der Waals surface area contributed by atoms with Gasteiger partial charge in [-0.25, -0.2) is 4.79 Å². The topological polar surface area (TPSA) is 87.7 Å². The smallest absolute Gasteiger partial charge is 0.408 e. The molecule has 0 aliphatic carbocycles. The number of hydrogen-bond donors (Lipinski definition) is 2. The van der Waals surface area contributed by atoms with Gasteiger partial charge in [-0.15, -0.1) is 0 Å². The van der Waals surface area contributed by atoms with Gasteiger partial charge in [-0.1, -0.05) is 97.2 Å². The molecule has 0 aliphatic heterocycles. The fourth-order valence-corrected chi connectivity index (χ4v) is 4.87. The number of nitrogens with zero attached hydrogens (tertiary/aromatic N) is 1. The van der Waals surface area contributed by atoms with Crippen LogP contribution < -0.4 is 10.6 Å². The molecule has 42 heavy (non-hydrogen) atoms. The average Bonchev–Trinajstić information content (AvgIpc) is 2.92. The molecule has 2 atom stereocenters. The average molecular weight is 592 g/mol. The van der Waals surface area contributed by atoms with Gasteiger partial charge in [0.05, 0.1) is 10.7 Å². The number of ether oxygens (including phenoxy) is 1. The summed E-state index contributed by atoms with van der Waals surface area (Å²) in [5.41, 5.74) is 3.10. The zero-order valence-electron chi connectivity index (χ0n) is 25.4. The number of para-hydroxylation sites is 1. The second-order valence-corrected chi connectivity index (χ2v) is 11.9. The van der Waals surface area contributed by atoms with Crippen LogP contribution in [0.2, 0.25) is 5.02 Å². The zero-order valence-corrected chi connectivity index (χ0v) is 26.1. The molecule has 0 spiro atoms. The molecule has 0 saturated heterocycles. The van der Waals surface area contributed by atoms with Crippen LogP contribution in [-0.2, 0) is 20.7 Å². The fraction of sp³-hybridized carbons (Fsp3) is 0.382. The standard InChI is InChI=1S/C34H42ClN3O4/c1-7-8-21-38(32(40)28(22-25-14-10-9-11-15-25)36-33(41)42-34(4,5)6)30(26-19-17-23(2)18-20-26)31(39)37-29-24(3)13-12-16-27(29)35/h9-20,28,30H,7-8,21-22H2,1-6H3,(H,36,41)(H,37,39). The summed E-state index contributed by atoms with van der Waals surface area (Å²) in [6.45, 7) is 11.5. The van der Waals surface area contributed by atoms with Crippen molar-refractivity contribution in [3.8, 4) is 0 Å². The molecule has 8 heteroatoms. The van der Waals surface area contributed by atoms with E-state index in [0.29, 0.717) is 29.2 Å². The maximum atomic E-state index is 14.5. The van der Waals surface area contributed by atoms with Crippen LogP contribution in [-0.4, -0.2) is 41.0 Å². The van der Waals surface area contributed by atoms with Crippen LogP contribution in [0.5, 0.6) is 0 Å². The molecule has 3 amide bonds. The van der Waals surface area contributed by atoms with Gasteiger partial charge >= 0.3 is 6.09 Å². The molecule has 0 fully saturated rings. The van der Waals surface area contributed by atoms with E-state index >= 15 is 0 Å². The molecule has 3 rings (SSSR count). The van der Waals surface area contributed by atoms with E-state index in [2.05, 4.69) is 10.6 Å². The van der Waals surface area contributed by atoms with E-state index in [1.807, 2.05) is 87.5 Å². The summed E-state index contributed by atoms with van der Waals surface area (Å²) in [6.07, 6.45) is 0.998. The molecule has 0 aliphatic rings. The third kappa shape index (κ3) is 9.35. The Labute approximate surface area is 254 Å². The summed E-state index contributed by atoms with van der Waals surface area (Å²) in [5, 5.41) is 6.19. The van der Waals surface area contributed by atoms with E-state index in [4.69, 9.17) is 16.3 Å². The number of carbonyl (C=O) groups excluding carboxylic acids is 3. The lowest BCUT2D eigenvalue weighted by molar-refractivity contribution is -0.140. The van der Waals surface area contributed by atoms with Crippen LogP contribution in [0.1, 0.15) is 68.8 Å². The predicted octanol–water partition coefficient (Wildman–Crippen LogP) is 7.40. The summed E-state index contributed by atoms with van der Waals surface area (Å²) < 4.78 is 5.51. The quantitative estimate of drug-likeness (QED) is 0.243. The van der Waals surface area contributed by atoms with Crippen molar-refractivity contribution in [2.45, 2.75) is 78.5 Å². The number of anilines is 1.